The Labute approximate surface area is 114 Å². The van der Waals surface area contributed by atoms with Gasteiger partial charge in [-0.15, -0.1) is 0 Å². The molecule has 1 aliphatic rings. The number of β-amino-alcohol motifs (C(OH)–C–C–N with tert-alkyl or cyclic N) is 1. The molecule has 0 bridgehead atoms. The quantitative estimate of drug-likeness (QED) is 0.334. The molecular weight excluding hydrogens is 298 g/mol. The van der Waals surface area contributed by atoms with Crippen molar-refractivity contribution in [1.29, 1.82) is 0 Å². The molecule has 1 fully saturated rings. The summed E-state index contributed by atoms with van der Waals surface area (Å²) in [5.41, 5.74) is 6.53. The summed E-state index contributed by atoms with van der Waals surface area (Å²) in [4.78, 5) is 2.04. The molecule has 5 nitrogen and oxygen atoms in total. The van der Waals surface area contributed by atoms with Crippen LogP contribution in [0.5, 0.6) is 0 Å². The van der Waals surface area contributed by atoms with Crippen LogP contribution in [0.15, 0.2) is 27.8 Å². The van der Waals surface area contributed by atoms with Crippen molar-refractivity contribution >= 4 is 27.5 Å². The molecule has 2 rings (SSSR count). The van der Waals surface area contributed by atoms with Crippen molar-refractivity contribution in [1.82, 2.24) is 0 Å². The van der Waals surface area contributed by atoms with E-state index in [2.05, 4.69) is 21.1 Å². The third kappa shape index (κ3) is 2.44. The van der Waals surface area contributed by atoms with E-state index in [0.29, 0.717) is 18.5 Å². The SMILES string of the molecule is CC1(O)CCN(c2cccc(Br)c2/C(N)=N/O)C1. The Morgan fingerprint density at radius 3 is 2.83 bits per heavy atom. The van der Waals surface area contributed by atoms with Crippen LogP contribution in [0.4, 0.5) is 5.69 Å². The average molecular weight is 314 g/mol. The largest absolute Gasteiger partial charge is 0.409 e. The van der Waals surface area contributed by atoms with Crippen LogP contribution in [0.2, 0.25) is 0 Å². The van der Waals surface area contributed by atoms with Crippen LogP contribution in [0.25, 0.3) is 0 Å². The fraction of sp³-hybridized carbons (Fsp3) is 0.417. The van der Waals surface area contributed by atoms with E-state index in [1.54, 1.807) is 0 Å². The van der Waals surface area contributed by atoms with Crippen molar-refractivity contribution in [2.45, 2.75) is 18.9 Å². The van der Waals surface area contributed by atoms with E-state index < -0.39 is 5.60 Å². The molecule has 6 heteroatoms. The maximum atomic E-state index is 10.0. The summed E-state index contributed by atoms with van der Waals surface area (Å²) in [5, 5.41) is 21.9. The number of oxime groups is 1. The number of hydrogen-bond acceptors (Lipinski definition) is 4. The molecule has 1 aliphatic heterocycles. The number of benzene rings is 1. The first-order valence-corrected chi connectivity index (χ1v) is 6.48. The molecule has 1 aromatic carbocycles. The lowest BCUT2D eigenvalue weighted by Crippen LogP contribution is -2.31. The molecule has 1 unspecified atom stereocenters. The third-order valence-electron chi connectivity index (χ3n) is 3.15. The molecule has 0 radical (unpaired) electrons. The van der Waals surface area contributed by atoms with E-state index in [1.165, 1.54) is 0 Å². The molecule has 1 atom stereocenters. The van der Waals surface area contributed by atoms with Gasteiger partial charge in [0.15, 0.2) is 5.84 Å². The fourth-order valence-electron chi connectivity index (χ4n) is 2.23. The first-order chi connectivity index (χ1) is 8.44. The van der Waals surface area contributed by atoms with E-state index in [0.717, 1.165) is 16.7 Å². The van der Waals surface area contributed by atoms with Gasteiger partial charge < -0.3 is 20.9 Å². The predicted octanol–water partition coefficient (Wildman–Crippen LogP) is 1.50. The Morgan fingerprint density at radius 2 is 2.28 bits per heavy atom. The van der Waals surface area contributed by atoms with Gasteiger partial charge in [0.1, 0.15) is 0 Å². The molecule has 0 saturated carbocycles. The summed E-state index contributed by atoms with van der Waals surface area (Å²) in [5.74, 6) is 0.0593. The van der Waals surface area contributed by atoms with Gasteiger partial charge in [-0.25, -0.2) is 0 Å². The lowest BCUT2D eigenvalue weighted by Gasteiger charge is -2.23. The van der Waals surface area contributed by atoms with Crippen LogP contribution >= 0.6 is 15.9 Å². The zero-order valence-electron chi connectivity index (χ0n) is 10.1. The van der Waals surface area contributed by atoms with E-state index in [1.807, 2.05) is 30.0 Å². The second-order valence-electron chi connectivity index (χ2n) is 4.79. The molecular formula is C12H16BrN3O2. The van der Waals surface area contributed by atoms with E-state index in [4.69, 9.17) is 10.9 Å². The summed E-state index contributed by atoms with van der Waals surface area (Å²) in [6.07, 6.45) is 0.703. The van der Waals surface area contributed by atoms with Crippen molar-refractivity contribution in [3.8, 4) is 0 Å². The molecule has 0 spiro atoms. The highest BCUT2D eigenvalue weighted by Crippen LogP contribution is 2.32. The summed E-state index contributed by atoms with van der Waals surface area (Å²) in [6, 6.07) is 5.63. The van der Waals surface area contributed by atoms with Crippen LogP contribution in [0.3, 0.4) is 0 Å². The number of nitrogens with two attached hydrogens (primary N) is 1. The van der Waals surface area contributed by atoms with Gasteiger partial charge in [0.25, 0.3) is 0 Å². The molecule has 0 aliphatic carbocycles. The Hall–Kier alpha value is -1.27. The number of rotatable bonds is 2. The zero-order chi connectivity index (χ0) is 13.3. The first-order valence-electron chi connectivity index (χ1n) is 5.68. The molecule has 1 heterocycles. The number of halogens is 1. The van der Waals surface area contributed by atoms with Crippen LogP contribution in [0.1, 0.15) is 18.9 Å². The highest BCUT2D eigenvalue weighted by molar-refractivity contribution is 9.10. The lowest BCUT2D eigenvalue weighted by molar-refractivity contribution is 0.0839. The zero-order valence-corrected chi connectivity index (χ0v) is 11.7. The summed E-state index contributed by atoms with van der Waals surface area (Å²) < 4.78 is 0.766. The van der Waals surface area contributed by atoms with Gasteiger partial charge in [0.2, 0.25) is 0 Å². The van der Waals surface area contributed by atoms with Gasteiger partial charge in [-0.05, 0) is 41.4 Å². The third-order valence-corrected chi connectivity index (χ3v) is 3.81. The maximum Gasteiger partial charge on any atom is 0.173 e. The van der Waals surface area contributed by atoms with Crippen LogP contribution in [0, 0.1) is 0 Å². The second-order valence-corrected chi connectivity index (χ2v) is 5.64. The number of amidine groups is 1. The van der Waals surface area contributed by atoms with Gasteiger partial charge in [0.05, 0.1) is 11.2 Å². The summed E-state index contributed by atoms with van der Waals surface area (Å²) in [6.45, 7) is 3.10. The van der Waals surface area contributed by atoms with Gasteiger partial charge in [-0.1, -0.05) is 11.2 Å². The topological polar surface area (TPSA) is 82.1 Å². The minimum absolute atomic E-state index is 0.0593. The molecule has 18 heavy (non-hydrogen) atoms. The van der Waals surface area contributed by atoms with E-state index in [9.17, 15) is 5.11 Å². The normalized spacial score (nSPS) is 24.6. The standard InChI is InChI=1S/C12H16BrN3O2/c1-12(17)5-6-16(7-12)9-4-2-3-8(13)10(9)11(14)15-18/h2-4,17-18H,5-7H2,1H3,(H2,14,15). The van der Waals surface area contributed by atoms with Crippen LogP contribution in [-0.4, -0.2) is 34.8 Å². The second kappa shape index (κ2) is 4.78. The molecule has 4 N–H and O–H groups in total. The Kier molecular flexibility index (Phi) is 3.49. The smallest absolute Gasteiger partial charge is 0.173 e. The number of hydrogen-bond donors (Lipinski definition) is 3. The molecule has 1 saturated heterocycles. The minimum atomic E-state index is -0.690. The Balaban J connectivity index is 2.43. The minimum Gasteiger partial charge on any atom is -0.409 e. The van der Waals surface area contributed by atoms with Gasteiger partial charge in [-0.2, -0.15) is 0 Å². The fourth-order valence-corrected chi connectivity index (χ4v) is 2.79. The van der Waals surface area contributed by atoms with Crippen molar-refractivity contribution in [2.75, 3.05) is 18.0 Å². The van der Waals surface area contributed by atoms with Gasteiger partial charge in [0, 0.05) is 23.2 Å². The number of anilines is 1. The van der Waals surface area contributed by atoms with Crippen LogP contribution < -0.4 is 10.6 Å². The van der Waals surface area contributed by atoms with Gasteiger partial charge in [-0.3, -0.25) is 0 Å². The lowest BCUT2D eigenvalue weighted by atomic mass is 10.1. The highest BCUT2D eigenvalue weighted by atomic mass is 79.9. The summed E-state index contributed by atoms with van der Waals surface area (Å²) >= 11 is 3.40. The van der Waals surface area contributed by atoms with E-state index >= 15 is 0 Å². The van der Waals surface area contributed by atoms with Crippen molar-refractivity contribution in [3.05, 3.63) is 28.2 Å². The maximum absolute atomic E-state index is 10.0. The molecule has 98 valence electrons. The van der Waals surface area contributed by atoms with Crippen molar-refractivity contribution in [3.63, 3.8) is 0 Å². The van der Waals surface area contributed by atoms with Crippen molar-refractivity contribution in [2.24, 2.45) is 10.9 Å². The molecule has 0 aromatic heterocycles. The Bertz CT molecular complexity index is 488. The molecule has 1 aromatic rings. The highest BCUT2D eigenvalue weighted by Gasteiger charge is 2.32. The van der Waals surface area contributed by atoms with Crippen molar-refractivity contribution < 1.29 is 10.3 Å². The van der Waals surface area contributed by atoms with Crippen LogP contribution in [-0.2, 0) is 0 Å². The van der Waals surface area contributed by atoms with Gasteiger partial charge >= 0.3 is 0 Å². The predicted molar refractivity (Wildman–Crippen MR) is 74.1 cm³/mol. The number of nitrogens with zero attached hydrogens (tertiary/aromatic N) is 2. The average Bonchev–Trinajstić information content (AvgIpc) is 2.68. The first kappa shape index (κ1) is 13.2. The summed E-state index contributed by atoms with van der Waals surface area (Å²) in [7, 11) is 0. The van der Waals surface area contributed by atoms with E-state index in [-0.39, 0.29) is 5.84 Å². The number of aliphatic hydroxyl groups is 1. The molecule has 0 amide bonds. The Morgan fingerprint density at radius 1 is 1.56 bits per heavy atom. The monoisotopic (exact) mass is 313 g/mol.